The van der Waals surface area contributed by atoms with Crippen molar-refractivity contribution < 1.29 is 18.0 Å². The molecule has 10 heteroatoms. The molecular weight excluding hydrogens is 391 g/mol. The average Bonchev–Trinajstić information content (AvgIpc) is 3.18. The van der Waals surface area contributed by atoms with E-state index in [-0.39, 0.29) is 5.69 Å². The highest BCUT2D eigenvalue weighted by Crippen LogP contribution is 2.40. The van der Waals surface area contributed by atoms with Crippen LogP contribution in [0.2, 0.25) is 0 Å². The van der Waals surface area contributed by atoms with Gasteiger partial charge in [-0.2, -0.15) is 23.5 Å². The van der Waals surface area contributed by atoms with E-state index >= 15 is 0 Å². The Hall–Kier alpha value is -2.93. The molecule has 3 heterocycles. The summed E-state index contributed by atoms with van der Waals surface area (Å²) in [7, 11) is 0. The maximum atomic E-state index is 13.2. The molecule has 1 atom stereocenters. The summed E-state index contributed by atoms with van der Waals surface area (Å²) in [6.07, 6.45) is -3.60. The van der Waals surface area contributed by atoms with Crippen molar-refractivity contribution >= 4 is 22.9 Å². The number of nitrogens with zero attached hydrogens (tertiary/aromatic N) is 4. The normalized spacial score (nSPS) is 15.4. The molecule has 0 bridgehead atoms. The number of rotatable bonds is 4. The Morgan fingerprint density at radius 2 is 2.18 bits per heavy atom. The van der Waals surface area contributed by atoms with Crippen LogP contribution < -0.4 is 5.32 Å². The molecule has 0 radical (unpaired) electrons. The van der Waals surface area contributed by atoms with E-state index < -0.39 is 24.0 Å². The van der Waals surface area contributed by atoms with Gasteiger partial charge in [0.25, 0.3) is 5.91 Å². The van der Waals surface area contributed by atoms with Gasteiger partial charge in [0.15, 0.2) is 11.3 Å². The van der Waals surface area contributed by atoms with Crippen LogP contribution in [0.25, 0.3) is 16.2 Å². The summed E-state index contributed by atoms with van der Waals surface area (Å²) < 4.78 is 40.9. The van der Waals surface area contributed by atoms with Gasteiger partial charge in [-0.3, -0.25) is 4.79 Å². The lowest BCUT2D eigenvalue weighted by molar-refractivity contribution is -0.158. The Bertz CT molecular complexity index is 1110. The average molecular weight is 405 g/mol. The number of carbonyl (C=O) groups is 1. The second kappa shape index (κ2) is 6.60. The molecule has 0 aliphatic heterocycles. The fourth-order valence-electron chi connectivity index (χ4n) is 3.06. The number of carbonyl (C=O) groups excluding carboxylic acids is 1. The van der Waals surface area contributed by atoms with E-state index in [2.05, 4.69) is 21.5 Å². The fourth-order valence-corrected chi connectivity index (χ4v) is 3.87. The second-order valence-corrected chi connectivity index (χ2v) is 7.60. The number of thiophene rings is 1. The van der Waals surface area contributed by atoms with Crippen molar-refractivity contribution in [2.75, 3.05) is 0 Å². The molecule has 1 amide bonds. The lowest BCUT2D eigenvalue weighted by Gasteiger charge is -2.20. The van der Waals surface area contributed by atoms with E-state index in [0.717, 1.165) is 0 Å². The Morgan fingerprint density at radius 3 is 2.82 bits per heavy atom. The topological polar surface area (TPSA) is 83.1 Å². The third-order valence-corrected chi connectivity index (χ3v) is 5.53. The van der Waals surface area contributed by atoms with Gasteiger partial charge in [0.2, 0.25) is 0 Å². The molecule has 1 aliphatic rings. The molecule has 144 valence electrons. The highest BCUT2D eigenvalue weighted by molar-refractivity contribution is 7.13. The first-order valence-electron chi connectivity index (χ1n) is 8.51. The van der Waals surface area contributed by atoms with Crippen LogP contribution in [0.3, 0.4) is 0 Å². The number of aromatic nitrogens is 3. The molecule has 4 rings (SSSR count). The van der Waals surface area contributed by atoms with Crippen molar-refractivity contribution in [3.63, 3.8) is 0 Å². The first kappa shape index (κ1) is 18.4. The van der Waals surface area contributed by atoms with Gasteiger partial charge in [-0.1, -0.05) is 0 Å². The minimum Gasteiger partial charge on any atom is -0.339 e. The SMILES string of the molecule is Cc1cc(-c2sccc2C#N)nc2cc(C(=O)NC(C3CC3)C(F)(F)F)nn12. The summed E-state index contributed by atoms with van der Waals surface area (Å²) >= 11 is 1.36. The molecule has 1 saturated carbocycles. The maximum absolute atomic E-state index is 13.2. The number of aryl methyl sites for hydroxylation is 1. The monoisotopic (exact) mass is 405 g/mol. The standard InChI is InChI=1S/C18H14F3N5OS/c1-9-6-12(15-11(8-22)4-5-28-15)23-14-7-13(25-26(9)14)17(27)24-16(10-2-3-10)18(19,20)21/h4-7,10,16H,2-3H2,1H3,(H,24,27). The summed E-state index contributed by atoms with van der Waals surface area (Å²) in [5.41, 5.74) is 1.87. The van der Waals surface area contributed by atoms with Crippen molar-refractivity contribution in [1.29, 1.82) is 5.26 Å². The van der Waals surface area contributed by atoms with E-state index in [9.17, 15) is 23.2 Å². The lowest BCUT2D eigenvalue weighted by Crippen LogP contribution is -2.47. The van der Waals surface area contributed by atoms with Crippen LogP contribution in [0.5, 0.6) is 0 Å². The quantitative estimate of drug-likeness (QED) is 0.717. The van der Waals surface area contributed by atoms with Gasteiger partial charge < -0.3 is 5.32 Å². The molecule has 3 aromatic rings. The fraction of sp³-hybridized carbons (Fsp3) is 0.333. The summed E-state index contributed by atoms with van der Waals surface area (Å²) in [5.74, 6) is -1.45. The van der Waals surface area contributed by atoms with Gasteiger partial charge in [-0.15, -0.1) is 11.3 Å². The molecular formula is C18H14F3N5OS. The Labute approximate surface area is 161 Å². The Kier molecular flexibility index (Phi) is 4.34. The zero-order valence-corrected chi connectivity index (χ0v) is 15.4. The number of alkyl halides is 3. The van der Waals surface area contributed by atoms with E-state index in [1.165, 1.54) is 21.9 Å². The molecule has 1 N–H and O–H groups in total. The predicted octanol–water partition coefficient (Wildman–Crippen LogP) is 3.71. The zero-order valence-electron chi connectivity index (χ0n) is 14.6. The van der Waals surface area contributed by atoms with E-state index in [4.69, 9.17) is 0 Å². The van der Waals surface area contributed by atoms with Crippen molar-refractivity contribution in [2.24, 2.45) is 5.92 Å². The van der Waals surface area contributed by atoms with Gasteiger partial charge in [0.05, 0.1) is 16.1 Å². The van der Waals surface area contributed by atoms with Crippen LogP contribution in [0, 0.1) is 24.2 Å². The van der Waals surface area contributed by atoms with Gasteiger partial charge >= 0.3 is 6.18 Å². The van der Waals surface area contributed by atoms with Crippen LogP contribution in [0.4, 0.5) is 13.2 Å². The first-order chi connectivity index (χ1) is 13.3. The second-order valence-electron chi connectivity index (χ2n) is 6.69. The zero-order chi connectivity index (χ0) is 20.1. The predicted molar refractivity (Wildman–Crippen MR) is 95.8 cm³/mol. The smallest absolute Gasteiger partial charge is 0.339 e. The largest absolute Gasteiger partial charge is 0.408 e. The number of hydrogen-bond acceptors (Lipinski definition) is 5. The van der Waals surface area contributed by atoms with Crippen molar-refractivity contribution in [3.8, 4) is 16.6 Å². The Balaban J connectivity index is 1.67. The van der Waals surface area contributed by atoms with Gasteiger partial charge in [-0.05, 0) is 43.2 Å². The van der Waals surface area contributed by atoms with Crippen molar-refractivity contribution in [2.45, 2.75) is 32.0 Å². The summed E-state index contributed by atoms with van der Waals surface area (Å²) in [6.45, 7) is 1.75. The molecule has 28 heavy (non-hydrogen) atoms. The Morgan fingerprint density at radius 1 is 1.43 bits per heavy atom. The number of amides is 1. The molecule has 0 spiro atoms. The number of hydrogen-bond donors (Lipinski definition) is 1. The van der Waals surface area contributed by atoms with Gasteiger partial charge in [-0.25, -0.2) is 9.50 Å². The number of halogens is 3. The lowest BCUT2D eigenvalue weighted by atomic mass is 10.1. The number of nitriles is 1. The molecule has 3 aromatic heterocycles. The van der Waals surface area contributed by atoms with Crippen molar-refractivity contribution in [3.05, 3.63) is 40.5 Å². The molecule has 1 aliphatic carbocycles. The highest BCUT2D eigenvalue weighted by Gasteiger charge is 2.49. The molecule has 1 fully saturated rings. The third-order valence-electron chi connectivity index (χ3n) is 4.59. The van der Waals surface area contributed by atoms with Crippen LogP contribution >= 0.6 is 11.3 Å². The number of nitrogens with one attached hydrogen (secondary N) is 1. The van der Waals surface area contributed by atoms with E-state index in [1.807, 2.05) is 0 Å². The van der Waals surface area contributed by atoms with Gasteiger partial charge in [0.1, 0.15) is 12.1 Å². The van der Waals surface area contributed by atoms with Crippen molar-refractivity contribution in [1.82, 2.24) is 19.9 Å². The maximum Gasteiger partial charge on any atom is 0.408 e. The van der Waals surface area contributed by atoms with E-state index in [1.54, 1.807) is 24.4 Å². The minimum absolute atomic E-state index is 0.130. The minimum atomic E-state index is -4.50. The molecule has 0 saturated heterocycles. The van der Waals surface area contributed by atoms with Crippen LogP contribution in [0.15, 0.2) is 23.6 Å². The summed E-state index contributed by atoms with van der Waals surface area (Å²) in [4.78, 5) is 17.5. The summed E-state index contributed by atoms with van der Waals surface area (Å²) in [5, 5.41) is 17.1. The summed E-state index contributed by atoms with van der Waals surface area (Å²) in [6, 6.07) is 4.99. The van der Waals surface area contributed by atoms with Crippen LogP contribution in [-0.4, -0.2) is 32.7 Å². The van der Waals surface area contributed by atoms with Gasteiger partial charge in [0, 0.05) is 11.8 Å². The molecule has 0 aromatic carbocycles. The van der Waals surface area contributed by atoms with Crippen LogP contribution in [0.1, 0.15) is 34.6 Å². The third kappa shape index (κ3) is 3.33. The molecule has 6 nitrogen and oxygen atoms in total. The molecule has 1 unspecified atom stereocenters. The highest BCUT2D eigenvalue weighted by atomic mass is 32.1. The number of fused-ring (bicyclic) bond motifs is 1. The van der Waals surface area contributed by atoms with E-state index in [0.29, 0.717) is 40.3 Å². The first-order valence-corrected chi connectivity index (χ1v) is 9.39. The van der Waals surface area contributed by atoms with Crippen LogP contribution in [-0.2, 0) is 0 Å².